The lowest BCUT2D eigenvalue weighted by molar-refractivity contribution is -0.141. The highest BCUT2D eigenvalue weighted by atomic mass is 16.7. The van der Waals surface area contributed by atoms with Gasteiger partial charge in [0.1, 0.15) is 0 Å². The van der Waals surface area contributed by atoms with Gasteiger partial charge in [-0.2, -0.15) is 0 Å². The van der Waals surface area contributed by atoms with E-state index < -0.39 is 0 Å². The van der Waals surface area contributed by atoms with E-state index in [9.17, 15) is 4.79 Å². The van der Waals surface area contributed by atoms with Gasteiger partial charge in [-0.25, -0.2) is 4.79 Å². The van der Waals surface area contributed by atoms with Gasteiger partial charge in [0, 0.05) is 12.8 Å². The summed E-state index contributed by atoms with van der Waals surface area (Å²) < 4.78 is 0. The molecular weight excluding hydrogens is 238 g/mol. The molecule has 0 aromatic rings. The molecule has 110 valence electrons. The van der Waals surface area contributed by atoms with Crippen LogP contribution in [0.2, 0.25) is 0 Å². The van der Waals surface area contributed by atoms with Crippen molar-refractivity contribution in [1.82, 2.24) is 0 Å². The normalized spacial score (nSPS) is 21.3. The van der Waals surface area contributed by atoms with Gasteiger partial charge in [-0.05, 0) is 19.8 Å². The Morgan fingerprint density at radius 2 is 1.26 bits per heavy atom. The molecule has 0 amide bonds. The van der Waals surface area contributed by atoms with E-state index in [0.29, 0.717) is 5.92 Å². The molecule has 3 nitrogen and oxygen atoms in total. The molecule has 0 bridgehead atoms. The molecule has 0 unspecified atom stereocenters. The first-order chi connectivity index (χ1) is 9.20. The van der Waals surface area contributed by atoms with Gasteiger partial charge in [-0.1, -0.05) is 62.9 Å². The molecule has 1 fully saturated rings. The summed E-state index contributed by atoms with van der Waals surface area (Å²) in [5.41, 5.74) is 0.993. The number of carbonyl (C=O) groups is 1. The summed E-state index contributed by atoms with van der Waals surface area (Å²) in [7, 11) is 0. The fourth-order valence-corrected chi connectivity index (χ4v) is 2.79. The van der Waals surface area contributed by atoms with Crippen molar-refractivity contribution in [2.24, 2.45) is 11.1 Å². The van der Waals surface area contributed by atoms with E-state index in [1.807, 2.05) is 6.92 Å². The Hall–Kier alpha value is -0.860. The van der Waals surface area contributed by atoms with Crippen LogP contribution in [0.1, 0.15) is 84.5 Å². The van der Waals surface area contributed by atoms with Gasteiger partial charge in [0.05, 0.1) is 5.71 Å². The Balaban J connectivity index is 2.45. The molecule has 1 rings (SSSR count). The van der Waals surface area contributed by atoms with Gasteiger partial charge in [-0.15, -0.1) is 0 Å². The molecule has 0 atom stereocenters. The van der Waals surface area contributed by atoms with Crippen LogP contribution in [0.5, 0.6) is 0 Å². The standard InChI is InChI=1S/C16H29NO2/c1-14(17-19-15(2)18)16-12-10-8-6-4-3-5-7-9-11-13-16/h16H,3-13H2,1-2H3. The van der Waals surface area contributed by atoms with Crippen LogP contribution in [0, 0.1) is 5.92 Å². The summed E-state index contributed by atoms with van der Waals surface area (Å²) in [4.78, 5) is 15.6. The van der Waals surface area contributed by atoms with Crippen molar-refractivity contribution in [3.05, 3.63) is 0 Å². The molecule has 0 aromatic carbocycles. The minimum absolute atomic E-state index is 0.326. The van der Waals surface area contributed by atoms with Crippen molar-refractivity contribution in [2.75, 3.05) is 0 Å². The Labute approximate surface area is 117 Å². The smallest absolute Gasteiger partial charge is 0.319 e. The topological polar surface area (TPSA) is 38.7 Å². The molecule has 0 spiro atoms. The number of rotatable bonds is 2. The highest BCUT2D eigenvalue weighted by Gasteiger charge is 2.13. The highest BCUT2D eigenvalue weighted by Crippen LogP contribution is 2.22. The molecule has 0 aromatic heterocycles. The monoisotopic (exact) mass is 267 g/mol. The second kappa shape index (κ2) is 9.99. The summed E-state index contributed by atoms with van der Waals surface area (Å²) in [6.45, 7) is 3.40. The maximum Gasteiger partial charge on any atom is 0.331 e. The first-order valence-corrected chi connectivity index (χ1v) is 7.92. The number of hydrogen-bond donors (Lipinski definition) is 0. The number of oxime groups is 1. The first-order valence-electron chi connectivity index (χ1n) is 7.92. The highest BCUT2D eigenvalue weighted by molar-refractivity contribution is 5.84. The van der Waals surface area contributed by atoms with Crippen molar-refractivity contribution in [3.8, 4) is 0 Å². The molecule has 1 saturated carbocycles. The van der Waals surface area contributed by atoms with E-state index in [-0.39, 0.29) is 5.97 Å². The molecule has 0 heterocycles. The lowest BCUT2D eigenvalue weighted by Crippen LogP contribution is -2.13. The summed E-state index contributed by atoms with van der Waals surface area (Å²) >= 11 is 0. The summed E-state index contributed by atoms with van der Waals surface area (Å²) in [5, 5.41) is 3.98. The van der Waals surface area contributed by atoms with Gasteiger partial charge in [-0.3, -0.25) is 0 Å². The van der Waals surface area contributed by atoms with Crippen LogP contribution in [0.15, 0.2) is 5.16 Å². The lowest BCUT2D eigenvalue weighted by Gasteiger charge is -2.17. The third-order valence-electron chi connectivity index (χ3n) is 4.01. The van der Waals surface area contributed by atoms with Crippen LogP contribution in [-0.4, -0.2) is 11.7 Å². The first kappa shape index (κ1) is 16.2. The van der Waals surface area contributed by atoms with E-state index in [1.165, 1.54) is 77.6 Å². The largest absolute Gasteiger partial charge is 0.331 e. The molecule has 0 radical (unpaired) electrons. The summed E-state index contributed by atoms with van der Waals surface area (Å²) in [6.07, 6.45) is 14.5. The Morgan fingerprint density at radius 1 is 0.842 bits per heavy atom. The van der Waals surface area contributed by atoms with E-state index in [4.69, 9.17) is 4.84 Å². The zero-order valence-corrected chi connectivity index (χ0v) is 12.6. The van der Waals surface area contributed by atoms with Crippen molar-refractivity contribution in [2.45, 2.75) is 84.5 Å². The third kappa shape index (κ3) is 8.02. The predicted octanol–water partition coefficient (Wildman–Crippen LogP) is 4.85. The van der Waals surface area contributed by atoms with E-state index in [0.717, 1.165) is 5.71 Å². The molecular formula is C16H29NO2. The lowest BCUT2D eigenvalue weighted by atomic mass is 9.90. The molecule has 1 aliphatic rings. The average molecular weight is 267 g/mol. The molecule has 0 N–H and O–H groups in total. The Bertz CT molecular complexity index is 274. The van der Waals surface area contributed by atoms with Gasteiger partial charge >= 0.3 is 5.97 Å². The van der Waals surface area contributed by atoms with Crippen LogP contribution in [0.3, 0.4) is 0 Å². The van der Waals surface area contributed by atoms with E-state index in [2.05, 4.69) is 5.16 Å². The zero-order chi connectivity index (χ0) is 13.9. The van der Waals surface area contributed by atoms with Gasteiger partial charge < -0.3 is 4.84 Å². The second-order valence-electron chi connectivity index (χ2n) is 5.77. The number of hydrogen-bond acceptors (Lipinski definition) is 3. The number of carbonyl (C=O) groups excluding carboxylic acids is 1. The van der Waals surface area contributed by atoms with Crippen LogP contribution in [0.4, 0.5) is 0 Å². The Kier molecular flexibility index (Phi) is 8.52. The van der Waals surface area contributed by atoms with Gasteiger partial charge in [0.15, 0.2) is 0 Å². The van der Waals surface area contributed by atoms with Crippen LogP contribution >= 0.6 is 0 Å². The van der Waals surface area contributed by atoms with Crippen LogP contribution in [-0.2, 0) is 9.63 Å². The van der Waals surface area contributed by atoms with Crippen LogP contribution < -0.4 is 0 Å². The molecule has 0 aliphatic heterocycles. The zero-order valence-electron chi connectivity index (χ0n) is 12.6. The average Bonchev–Trinajstić information content (AvgIpc) is 2.36. The SMILES string of the molecule is CC(=O)ON=C(C)C1CCCCCCCCCCC1. The minimum atomic E-state index is -0.326. The summed E-state index contributed by atoms with van der Waals surface area (Å²) in [5.74, 6) is 0.172. The van der Waals surface area contributed by atoms with Crippen molar-refractivity contribution >= 4 is 11.7 Å². The summed E-state index contributed by atoms with van der Waals surface area (Å²) in [6, 6.07) is 0. The van der Waals surface area contributed by atoms with Crippen molar-refractivity contribution in [1.29, 1.82) is 0 Å². The maximum atomic E-state index is 10.8. The fourth-order valence-electron chi connectivity index (χ4n) is 2.79. The minimum Gasteiger partial charge on any atom is -0.319 e. The second-order valence-corrected chi connectivity index (χ2v) is 5.77. The van der Waals surface area contributed by atoms with E-state index >= 15 is 0 Å². The predicted molar refractivity (Wildman–Crippen MR) is 79.2 cm³/mol. The third-order valence-corrected chi connectivity index (χ3v) is 4.01. The van der Waals surface area contributed by atoms with Crippen molar-refractivity contribution < 1.29 is 9.63 Å². The molecule has 3 heteroatoms. The maximum absolute atomic E-state index is 10.8. The van der Waals surface area contributed by atoms with E-state index in [1.54, 1.807) is 0 Å². The Morgan fingerprint density at radius 3 is 1.68 bits per heavy atom. The van der Waals surface area contributed by atoms with Crippen LogP contribution in [0.25, 0.3) is 0 Å². The van der Waals surface area contributed by atoms with Gasteiger partial charge in [0.25, 0.3) is 0 Å². The quantitative estimate of drug-likeness (QED) is 0.407. The molecule has 1 aliphatic carbocycles. The van der Waals surface area contributed by atoms with Gasteiger partial charge in [0.2, 0.25) is 0 Å². The van der Waals surface area contributed by atoms with Crippen molar-refractivity contribution in [3.63, 3.8) is 0 Å². The number of nitrogens with zero attached hydrogens (tertiary/aromatic N) is 1. The molecule has 19 heavy (non-hydrogen) atoms. The molecule has 0 saturated heterocycles. The fraction of sp³-hybridized carbons (Fsp3) is 0.875.